The van der Waals surface area contributed by atoms with Crippen molar-refractivity contribution in [2.45, 2.75) is 24.5 Å². The highest BCUT2D eigenvalue weighted by Crippen LogP contribution is 2.33. The van der Waals surface area contributed by atoms with Crippen LogP contribution in [0.2, 0.25) is 0 Å². The van der Waals surface area contributed by atoms with Gasteiger partial charge < -0.3 is 10.1 Å². The Morgan fingerprint density at radius 2 is 1.61 bits per heavy atom. The first kappa shape index (κ1) is 26.7. The number of nitrogens with one attached hydrogen (secondary N) is 1. The van der Waals surface area contributed by atoms with Gasteiger partial charge in [0.2, 0.25) is 5.91 Å². The average molecular weight is 521 g/mol. The van der Waals surface area contributed by atoms with Crippen LogP contribution in [0.3, 0.4) is 0 Å². The number of anilines is 1. The van der Waals surface area contributed by atoms with Crippen LogP contribution in [-0.4, -0.2) is 33.9 Å². The summed E-state index contributed by atoms with van der Waals surface area (Å²) in [6, 6.07) is 15.7. The molecule has 3 rings (SSSR count). The number of amides is 1. The fourth-order valence-corrected chi connectivity index (χ4v) is 4.67. The second-order valence-corrected chi connectivity index (χ2v) is 9.70. The van der Waals surface area contributed by atoms with E-state index in [9.17, 15) is 31.2 Å². The lowest BCUT2D eigenvalue weighted by Crippen LogP contribution is -2.40. The molecule has 0 heterocycles. The minimum Gasteiger partial charge on any atom is -0.465 e. The molecule has 0 unspecified atom stereocenters. The molecule has 0 atom stereocenters. The Hall–Kier alpha value is -3.86. The first-order valence-corrected chi connectivity index (χ1v) is 12.1. The molecular weight excluding hydrogens is 497 g/mol. The fraction of sp³-hybridized carbons (Fsp3) is 0.200. The third-order valence-electron chi connectivity index (χ3n) is 5.22. The molecule has 0 radical (unpaired) electrons. The van der Waals surface area contributed by atoms with Gasteiger partial charge in [0.1, 0.15) is 6.54 Å². The van der Waals surface area contributed by atoms with Crippen LogP contribution in [0.15, 0.2) is 77.7 Å². The summed E-state index contributed by atoms with van der Waals surface area (Å²) in [6.07, 6.45) is -4.70. The summed E-state index contributed by atoms with van der Waals surface area (Å²) < 4.78 is 71.9. The zero-order valence-electron chi connectivity index (χ0n) is 19.4. The third-order valence-corrected chi connectivity index (χ3v) is 7.01. The van der Waals surface area contributed by atoms with E-state index in [1.165, 1.54) is 37.4 Å². The summed E-state index contributed by atoms with van der Waals surface area (Å²) in [6.45, 7) is 1.01. The summed E-state index contributed by atoms with van der Waals surface area (Å²) in [4.78, 5) is 24.1. The lowest BCUT2D eigenvalue weighted by molar-refractivity contribution is -0.137. The van der Waals surface area contributed by atoms with Gasteiger partial charge in [-0.15, -0.1) is 0 Å². The largest absolute Gasteiger partial charge is 0.465 e. The number of aryl methyl sites for hydroxylation is 1. The SMILES string of the molecule is COC(=O)c1ccc(CNC(=O)CN(c2cccc(C(F)(F)F)c2)S(=O)(=O)c2ccc(C)cc2)cc1. The van der Waals surface area contributed by atoms with E-state index in [2.05, 4.69) is 10.1 Å². The predicted molar refractivity (Wildman–Crippen MR) is 127 cm³/mol. The molecule has 1 amide bonds. The Kier molecular flexibility index (Phi) is 8.03. The minimum atomic E-state index is -4.70. The van der Waals surface area contributed by atoms with Crippen molar-refractivity contribution in [1.82, 2.24) is 5.32 Å². The highest BCUT2D eigenvalue weighted by atomic mass is 32.2. The molecule has 190 valence electrons. The van der Waals surface area contributed by atoms with Gasteiger partial charge in [-0.2, -0.15) is 13.2 Å². The fourth-order valence-electron chi connectivity index (χ4n) is 3.25. The average Bonchev–Trinajstić information content (AvgIpc) is 2.85. The van der Waals surface area contributed by atoms with E-state index in [0.29, 0.717) is 21.5 Å². The quantitative estimate of drug-likeness (QED) is 0.447. The van der Waals surface area contributed by atoms with E-state index < -0.39 is 40.2 Å². The lowest BCUT2D eigenvalue weighted by atomic mass is 10.1. The number of benzene rings is 3. The van der Waals surface area contributed by atoms with Crippen molar-refractivity contribution >= 4 is 27.6 Å². The number of ether oxygens (including phenoxy) is 1. The van der Waals surface area contributed by atoms with Crippen LogP contribution in [0, 0.1) is 6.92 Å². The summed E-state index contributed by atoms with van der Waals surface area (Å²) >= 11 is 0. The Morgan fingerprint density at radius 3 is 2.19 bits per heavy atom. The minimum absolute atomic E-state index is 0.00129. The Labute approximate surface area is 206 Å². The van der Waals surface area contributed by atoms with Crippen LogP contribution in [0.4, 0.5) is 18.9 Å². The first-order valence-electron chi connectivity index (χ1n) is 10.6. The molecule has 0 aliphatic carbocycles. The molecular formula is C25H23F3N2O5S. The van der Waals surface area contributed by atoms with Gasteiger partial charge >= 0.3 is 12.1 Å². The van der Waals surface area contributed by atoms with Crippen LogP contribution in [0.25, 0.3) is 0 Å². The second-order valence-electron chi connectivity index (χ2n) is 7.84. The molecule has 0 bridgehead atoms. The van der Waals surface area contributed by atoms with Crippen molar-refractivity contribution in [3.63, 3.8) is 0 Å². The molecule has 7 nitrogen and oxygen atoms in total. The van der Waals surface area contributed by atoms with E-state index in [0.717, 1.165) is 17.7 Å². The number of methoxy groups -OCH3 is 1. The number of esters is 1. The molecule has 0 fully saturated rings. The molecule has 0 aliphatic rings. The third kappa shape index (κ3) is 6.42. The monoisotopic (exact) mass is 520 g/mol. The number of nitrogens with zero attached hydrogens (tertiary/aromatic N) is 1. The summed E-state index contributed by atoms with van der Waals surface area (Å²) in [7, 11) is -3.13. The van der Waals surface area contributed by atoms with E-state index in [1.807, 2.05) is 0 Å². The first-order chi connectivity index (χ1) is 16.9. The number of hydrogen-bond donors (Lipinski definition) is 1. The van der Waals surface area contributed by atoms with Crippen molar-refractivity contribution in [1.29, 1.82) is 0 Å². The van der Waals surface area contributed by atoms with Crippen molar-refractivity contribution < 1.29 is 35.9 Å². The van der Waals surface area contributed by atoms with Crippen LogP contribution in [0.5, 0.6) is 0 Å². The van der Waals surface area contributed by atoms with Gasteiger partial charge in [0, 0.05) is 6.54 Å². The Balaban J connectivity index is 1.86. The van der Waals surface area contributed by atoms with Crippen LogP contribution in [0.1, 0.15) is 27.0 Å². The second kappa shape index (κ2) is 10.8. The van der Waals surface area contributed by atoms with Gasteiger partial charge in [-0.3, -0.25) is 9.10 Å². The van der Waals surface area contributed by atoms with E-state index >= 15 is 0 Å². The molecule has 3 aromatic rings. The summed E-state index contributed by atoms with van der Waals surface area (Å²) in [5.74, 6) is -1.26. The van der Waals surface area contributed by atoms with Gasteiger partial charge in [0.15, 0.2) is 0 Å². The number of sulfonamides is 1. The maximum absolute atomic E-state index is 13.4. The molecule has 11 heteroatoms. The molecule has 0 saturated carbocycles. The number of carbonyl (C=O) groups excluding carboxylic acids is 2. The zero-order valence-corrected chi connectivity index (χ0v) is 20.2. The summed E-state index contributed by atoms with van der Waals surface area (Å²) in [5, 5.41) is 2.56. The maximum atomic E-state index is 13.4. The normalized spacial score (nSPS) is 11.6. The van der Waals surface area contributed by atoms with E-state index in [4.69, 9.17) is 0 Å². The maximum Gasteiger partial charge on any atom is 0.416 e. The van der Waals surface area contributed by atoms with Gasteiger partial charge in [-0.05, 0) is 55.0 Å². The molecule has 36 heavy (non-hydrogen) atoms. The lowest BCUT2D eigenvalue weighted by Gasteiger charge is -2.25. The topological polar surface area (TPSA) is 92.8 Å². The van der Waals surface area contributed by atoms with Crippen molar-refractivity contribution in [3.05, 3.63) is 95.1 Å². The van der Waals surface area contributed by atoms with Gasteiger partial charge in [0.25, 0.3) is 10.0 Å². The molecule has 0 aliphatic heterocycles. The smallest absolute Gasteiger partial charge is 0.416 e. The van der Waals surface area contributed by atoms with Crippen molar-refractivity contribution in [2.75, 3.05) is 18.0 Å². The highest BCUT2D eigenvalue weighted by molar-refractivity contribution is 7.92. The van der Waals surface area contributed by atoms with E-state index in [1.54, 1.807) is 31.2 Å². The number of halogens is 3. The van der Waals surface area contributed by atoms with Crippen LogP contribution >= 0.6 is 0 Å². The number of alkyl halides is 3. The standard InChI is InChI=1S/C25H23F3N2O5S/c1-17-6-12-22(13-7-17)36(33,34)30(21-5-3-4-20(14-21)25(26,27)28)16-23(31)29-15-18-8-10-19(11-9-18)24(32)35-2/h3-14H,15-16H2,1-2H3,(H,29,31). The zero-order chi connectivity index (χ0) is 26.5. The molecule has 0 spiro atoms. The predicted octanol–water partition coefficient (Wildman–Crippen LogP) is 4.31. The summed E-state index contributed by atoms with van der Waals surface area (Å²) in [5.41, 5.74) is 0.365. The number of carbonyl (C=O) groups is 2. The number of rotatable bonds is 8. The van der Waals surface area contributed by atoms with Crippen molar-refractivity contribution in [3.8, 4) is 0 Å². The van der Waals surface area contributed by atoms with Gasteiger partial charge in [0.05, 0.1) is 28.8 Å². The molecule has 3 aromatic carbocycles. The molecule has 0 saturated heterocycles. The van der Waals surface area contributed by atoms with Gasteiger partial charge in [-0.1, -0.05) is 35.9 Å². The Morgan fingerprint density at radius 1 is 0.972 bits per heavy atom. The van der Waals surface area contributed by atoms with Crippen LogP contribution < -0.4 is 9.62 Å². The van der Waals surface area contributed by atoms with E-state index in [-0.39, 0.29) is 17.1 Å². The Bertz CT molecular complexity index is 1340. The molecule has 0 aromatic heterocycles. The van der Waals surface area contributed by atoms with Crippen LogP contribution in [-0.2, 0) is 32.3 Å². The number of hydrogen-bond acceptors (Lipinski definition) is 5. The van der Waals surface area contributed by atoms with Crippen molar-refractivity contribution in [2.24, 2.45) is 0 Å². The molecule has 1 N–H and O–H groups in total. The van der Waals surface area contributed by atoms with Gasteiger partial charge in [-0.25, -0.2) is 13.2 Å². The highest BCUT2D eigenvalue weighted by Gasteiger charge is 2.33.